The van der Waals surface area contributed by atoms with Crippen molar-refractivity contribution in [3.8, 4) is 0 Å². The fourth-order valence-corrected chi connectivity index (χ4v) is 2.12. The van der Waals surface area contributed by atoms with Crippen molar-refractivity contribution in [1.82, 2.24) is 10.3 Å². The van der Waals surface area contributed by atoms with E-state index in [4.69, 9.17) is 0 Å². The smallest absolute Gasteiger partial charge is 0.0459 e. The van der Waals surface area contributed by atoms with Gasteiger partial charge in [0.2, 0.25) is 0 Å². The minimum Gasteiger partial charge on any atom is -0.357 e. The number of aromatic nitrogens is 1. The van der Waals surface area contributed by atoms with Gasteiger partial charge in [0.1, 0.15) is 0 Å². The zero-order valence-electron chi connectivity index (χ0n) is 9.43. The van der Waals surface area contributed by atoms with E-state index >= 15 is 0 Å². The quantitative estimate of drug-likeness (QED) is 0.675. The van der Waals surface area contributed by atoms with Gasteiger partial charge in [-0.2, -0.15) is 0 Å². The Kier molecular flexibility index (Phi) is 3.07. The predicted molar refractivity (Wildman–Crippen MR) is 65.1 cm³/mol. The number of hydrogen-bond acceptors (Lipinski definition) is 1. The molecule has 2 heterocycles. The summed E-state index contributed by atoms with van der Waals surface area (Å²) < 4.78 is 0. The van der Waals surface area contributed by atoms with Gasteiger partial charge in [-0.05, 0) is 24.6 Å². The molecule has 0 atom stereocenters. The van der Waals surface area contributed by atoms with Crippen molar-refractivity contribution in [2.75, 3.05) is 6.54 Å². The summed E-state index contributed by atoms with van der Waals surface area (Å²) in [7, 11) is 0. The van der Waals surface area contributed by atoms with Crippen LogP contribution in [0.3, 0.4) is 0 Å². The molecular weight excluding hydrogens is 184 g/mol. The maximum atomic E-state index is 3.45. The molecule has 2 N–H and O–H groups in total. The average molecular weight is 202 g/mol. The molecule has 1 aromatic carbocycles. The second kappa shape index (κ2) is 4.49. The lowest BCUT2D eigenvalue weighted by atomic mass is 10.1. The maximum Gasteiger partial charge on any atom is 0.0459 e. The molecule has 0 aliphatic carbocycles. The molecule has 2 heteroatoms. The Morgan fingerprint density at radius 1 is 1.13 bits per heavy atom. The van der Waals surface area contributed by atoms with E-state index in [2.05, 4.69) is 34.6 Å². The van der Waals surface area contributed by atoms with Crippen molar-refractivity contribution in [3.05, 3.63) is 35.5 Å². The van der Waals surface area contributed by atoms with Gasteiger partial charge in [-0.25, -0.2) is 0 Å². The van der Waals surface area contributed by atoms with Crippen LogP contribution < -0.4 is 5.32 Å². The van der Waals surface area contributed by atoms with Crippen molar-refractivity contribution < 1.29 is 0 Å². The molecular formula is C13H18N2. The summed E-state index contributed by atoms with van der Waals surface area (Å²) in [5.74, 6) is 0. The molecule has 0 spiro atoms. The largest absolute Gasteiger partial charge is 0.357 e. The van der Waals surface area contributed by atoms with Crippen LogP contribution in [-0.4, -0.2) is 11.5 Å². The maximum absolute atomic E-state index is 3.45. The van der Waals surface area contributed by atoms with Crippen molar-refractivity contribution >= 4 is 10.9 Å². The molecule has 1 aliphatic heterocycles. The van der Waals surface area contributed by atoms with Gasteiger partial charge < -0.3 is 10.3 Å². The Labute approximate surface area is 90.7 Å². The van der Waals surface area contributed by atoms with Gasteiger partial charge in [-0.3, -0.25) is 0 Å². The van der Waals surface area contributed by atoms with Crippen molar-refractivity contribution in [2.24, 2.45) is 0 Å². The standard InChI is InChI=1S/C11H12N2.C2H6/c1-2-4-10-8(3-1)9-5-6-12-7-11(9)13-10;1-2/h1-4,12-13H,5-7H2;1-2H3. The Morgan fingerprint density at radius 2 is 1.93 bits per heavy atom. The van der Waals surface area contributed by atoms with Gasteiger partial charge in [0, 0.05) is 23.1 Å². The molecule has 1 aromatic heterocycles. The van der Waals surface area contributed by atoms with Crippen LogP contribution in [0.15, 0.2) is 24.3 Å². The molecule has 80 valence electrons. The van der Waals surface area contributed by atoms with Crippen LogP contribution in [0.1, 0.15) is 25.1 Å². The zero-order chi connectivity index (χ0) is 10.7. The monoisotopic (exact) mass is 202 g/mol. The summed E-state index contributed by atoms with van der Waals surface area (Å²) in [5, 5.41) is 4.77. The van der Waals surface area contributed by atoms with Gasteiger partial charge >= 0.3 is 0 Å². The summed E-state index contributed by atoms with van der Waals surface area (Å²) in [5.41, 5.74) is 4.15. The SMILES string of the molecule is CC.c1ccc2c3c([nH]c2c1)CNCC3. The highest BCUT2D eigenvalue weighted by Gasteiger charge is 2.13. The first-order valence-corrected chi connectivity index (χ1v) is 5.74. The van der Waals surface area contributed by atoms with Crippen molar-refractivity contribution in [2.45, 2.75) is 26.8 Å². The number of nitrogens with one attached hydrogen (secondary N) is 2. The Bertz CT molecular complexity index is 443. The molecule has 2 nitrogen and oxygen atoms in total. The lowest BCUT2D eigenvalue weighted by molar-refractivity contribution is 0.637. The minimum atomic E-state index is 0.990. The van der Waals surface area contributed by atoms with E-state index in [9.17, 15) is 0 Å². The molecule has 0 radical (unpaired) electrons. The van der Waals surface area contributed by atoms with Gasteiger partial charge in [0.15, 0.2) is 0 Å². The van der Waals surface area contributed by atoms with Crippen LogP contribution in [0.2, 0.25) is 0 Å². The number of fused-ring (bicyclic) bond motifs is 3. The number of aromatic amines is 1. The van der Waals surface area contributed by atoms with Crippen molar-refractivity contribution in [1.29, 1.82) is 0 Å². The van der Waals surface area contributed by atoms with Crippen LogP contribution >= 0.6 is 0 Å². The highest BCUT2D eigenvalue weighted by atomic mass is 14.9. The number of H-pyrrole nitrogens is 1. The molecule has 1 aliphatic rings. The third kappa shape index (κ3) is 1.77. The van der Waals surface area contributed by atoms with Crippen LogP contribution in [0, 0.1) is 0 Å². The molecule has 0 saturated heterocycles. The molecule has 0 saturated carbocycles. The van der Waals surface area contributed by atoms with E-state index in [0.29, 0.717) is 0 Å². The summed E-state index contributed by atoms with van der Waals surface area (Å²) >= 11 is 0. The fraction of sp³-hybridized carbons (Fsp3) is 0.385. The van der Waals surface area contributed by atoms with Crippen molar-refractivity contribution in [3.63, 3.8) is 0 Å². The van der Waals surface area contributed by atoms with Crippen LogP contribution in [0.25, 0.3) is 10.9 Å². The molecule has 3 rings (SSSR count). The first kappa shape index (κ1) is 10.2. The van der Waals surface area contributed by atoms with Gasteiger partial charge in [0.05, 0.1) is 0 Å². The topological polar surface area (TPSA) is 27.8 Å². The van der Waals surface area contributed by atoms with E-state index < -0.39 is 0 Å². The van der Waals surface area contributed by atoms with Gasteiger partial charge in [-0.1, -0.05) is 32.0 Å². The molecule has 0 bridgehead atoms. The second-order valence-electron chi connectivity index (χ2n) is 3.55. The third-order valence-corrected chi connectivity index (χ3v) is 2.76. The van der Waals surface area contributed by atoms with E-state index in [0.717, 1.165) is 19.5 Å². The van der Waals surface area contributed by atoms with E-state index in [1.165, 1.54) is 22.2 Å². The Hall–Kier alpha value is -1.28. The van der Waals surface area contributed by atoms with Crippen LogP contribution in [0.5, 0.6) is 0 Å². The molecule has 2 aromatic rings. The summed E-state index contributed by atoms with van der Waals surface area (Å²) in [4.78, 5) is 3.45. The molecule has 15 heavy (non-hydrogen) atoms. The lowest BCUT2D eigenvalue weighted by Crippen LogP contribution is -2.22. The van der Waals surface area contributed by atoms with Gasteiger partial charge in [0.25, 0.3) is 0 Å². The minimum absolute atomic E-state index is 0.990. The number of hydrogen-bond donors (Lipinski definition) is 2. The van der Waals surface area contributed by atoms with E-state index in [-0.39, 0.29) is 0 Å². The second-order valence-corrected chi connectivity index (χ2v) is 3.55. The highest BCUT2D eigenvalue weighted by Crippen LogP contribution is 2.24. The molecule has 0 unspecified atom stereocenters. The lowest BCUT2D eigenvalue weighted by Gasteiger charge is -2.12. The average Bonchev–Trinajstić information content (AvgIpc) is 2.70. The highest BCUT2D eigenvalue weighted by molar-refractivity contribution is 5.84. The van der Waals surface area contributed by atoms with Crippen LogP contribution in [0.4, 0.5) is 0 Å². The van der Waals surface area contributed by atoms with Gasteiger partial charge in [-0.15, -0.1) is 0 Å². The Balaban J connectivity index is 0.000000404. The zero-order valence-corrected chi connectivity index (χ0v) is 9.43. The summed E-state index contributed by atoms with van der Waals surface area (Å²) in [6, 6.07) is 8.54. The predicted octanol–water partition coefficient (Wildman–Crippen LogP) is 2.84. The summed E-state index contributed by atoms with van der Waals surface area (Å²) in [6.07, 6.45) is 1.15. The molecule has 0 amide bonds. The number of para-hydroxylation sites is 1. The first-order valence-electron chi connectivity index (χ1n) is 5.74. The number of benzene rings is 1. The van der Waals surface area contributed by atoms with E-state index in [1.54, 1.807) is 0 Å². The number of rotatable bonds is 0. The van der Waals surface area contributed by atoms with Crippen LogP contribution in [-0.2, 0) is 13.0 Å². The normalized spacial score (nSPS) is 14.3. The Morgan fingerprint density at radius 3 is 2.80 bits per heavy atom. The first-order chi connectivity index (χ1) is 7.45. The summed E-state index contributed by atoms with van der Waals surface area (Å²) in [6.45, 7) is 6.10. The van der Waals surface area contributed by atoms with E-state index in [1.807, 2.05) is 13.8 Å². The fourth-order valence-electron chi connectivity index (χ4n) is 2.12. The third-order valence-electron chi connectivity index (χ3n) is 2.76. The molecule has 0 fully saturated rings.